The number of hydrogen-bond acceptors (Lipinski definition) is 3. The predicted octanol–water partition coefficient (Wildman–Crippen LogP) is 1.63. The standard InChI is InChI=1S/C13H18FNO2/c1-9-6-12(4-5-13(9)14)17-8-11(7-16)15-10-2-3-10/h4-6,10-11,15-16H,2-3,7-8H2,1H3. The van der Waals surface area contributed by atoms with Crippen LogP contribution in [0.25, 0.3) is 0 Å². The van der Waals surface area contributed by atoms with Crippen molar-refractivity contribution in [1.82, 2.24) is 5.32 Å². The van der Waals surface area contributed by atoms with Crippen LogP contribution in [0, 0.1) is 12.7 Å². The predicted molar refractivity (Wildman–Crippen MR) is 63.7 cm³/mol. The quantitative estimate of drug-likeness (QED) is 0.792. The van der Waals surface area contributed by atoms with Crippen molar-refractivity contribution in [2.45, 2.75) is 31.8 Å². The first-order valence-corrected chi connectivity index (χ1v) is 5.95. The summed E-state index contributed by atoms with van der Waals surface area (Å²) in [7, 11) is 0. The van der Waals surface area contributed by atoms with Crippen molar-refractivity contribution in [3.05, 3.63) is 29.6 Å². The maximum absolute atomic E-state index is 13.0. The molecule has 1 saturated carbocycles. The molecule has 0 saturated heterocycles. The van der Waals surface area contributed by atoms with Crippen molar-refractivity contribution >= 4 is 0 Å². The zero-order valence-corrected chi connectivity index (χ0v) is 9.95. The number of nitrogens with one attached hydrogen (secondary N) is 1. The van der Waals surface area contributed by atoms with E-state index in [0.717, 1.165) is 0 Å². The van der Waals surface area contributed by atoms with Crippen LogP contribution in [-0.4, -0.2) is 30.4 Å². The van der Waals surface area contributed by atoms with Crippen LogP contribution in [0.5, 0.6) is 5.75 Å². The molecule has 0 spiro atoms. The van der Waals surface area contributed by atoms with E-state index < -0.39 is 0 Å². The van der Waals surface area contributed by atoms with Crippen molar-refractivity contribution in [3.8, 4) is 5.75 Å². The number of hydrogen-bond donors (Lipinski definition) is 2. The van der Waals surface area contributed by atoms with Crippen molar-refractivity contribution in [2.24, 2.45) is 0 Å². The minimum absolute atomic E-state index is 0.0483. The molecule has 1 aliphatic carbocycles. The molecule has 1 unspecified atom stereocenters. The molecule has 3 nitrogen and oxygen atoms in total. The van der Waals surface area contributed by atoms with Gasteiger partial charge in [0.15, 0.2) is 0 Å². The molecule has 0 aromatic heterocycles. The molecule has 0 bridgehead atoms. The van der Waals surface area contributed by atoms with Crippen molar-refractivity contribution in [3.63, 3.8) is 0 Å². The maximum Gasteiger partial charge on any atom is 0.126 e. The molecule has 17 heavy (non-hydrogen) atoms. The first kappa shape index (κ1) is 12.3. The number of halogens is 1. The lowest BCUT2D eigenvalue weighted by Crippen LogP contribution is -2.39. The molecule has 4 heteroatoms. The van der Waals surface area contributed by atoms with Gasteiger partial charge in [0.2, 0.25) is 0 Å². The number of benzene rings is 1. The van der Waals surface area contributed by atoms with Gasteiger partial charge in [-0.2, -0.15) is 0 Å². The first-order chi connectivity index (χ1) is 8.19. The van der Waals surface area contributed by atoms with E-state index in [-0.39, 0.29) is 18.5 Å². The summed E-state index contributed by atoms with van der Waals surface area (Å²) in [4.78, 5) is 0. The van der Waals surface area contributed by atoms with Crippen LogP contribution >= 0.6 is 0 Å². The molecule has 0 radical (unpaired) electrons. The zero-order chi connectivity index (χ0) is 12.3. The Labute approximate surface area is 101 Å². The minimum atomic E-state index is -0.229. The van der Waals surface area contributed by atoms with Crippen LogP contribution in [0.1, 0.15) is 18.4 Å². The summed E-state index contributed by atoms with van der Waals surface area (Å²) in [6, 6.07) is 5.15. The van der Waals surface area contributed by atoms with Gasteiger partial charge < -0.3 is 15.2 Å². The molecular weight excluding hydrogens is 221 g/mol. The van der Waals surface area contributed by atoms with E-state index >= 15 is 0 Å². The van der Waals surface area contributed by atoms with Gasteiger partial charge in [0.05, 0.1) is 12.6 Å². The second-order valence-electron chi connectivity index (χ2n) is 4.54. The zero-order valence-electron chi connectivity index (χ0n) is 9.95. The Balaban J connectivity index is 1.84. The lowest BCUT2D eigenvalue weighted by Gasteiger charge is -2.16. The number of aliphatic hydroxyl groups excluding tert-OH is 1. The van der Waals surface area contributed by atoms with E-state index in [4.69, 9.17) is 4.74 Å². The molecule has 94 valence electrons. The van der Waals surface area contributed by atoms with Crippen LogP contribution in [-0.2, 0) is 0 Å². The molecule has 2 rings (SSSR count). The van der Waals surface area contributed by atoms with Gasteiger partial charge in [-0.05, 0) is 43.5 Å². The topological polar surface area (TPSA) is 41.5 Å². The molecule has 1 aliphatic rings. The SMILES string of the molecule is Cc1cc(OCC(CO)NC2CC2)ccc1F. The summed E-state index contributed by atoms with van der Waals surface area (Å²) in [5.41, 5.74) is 0.568. The van der Waals surface area contributed by atoms with Crippen molar-refractivity contribution in [1.29, 1.82) is 0 Å². The van der Waals surface area contributed by atoms with E-state index in [1.54, 1.807) is 19.1 Å². The van der Waals surface area contributed by atoms with Crippen LogP contribution < -0.4 is 10.1 Å². The average Bonchev–Trinajstić information content (AvgIpc) is 3.12. The van der Waals surface area contributed by atoms with Gasteiger partial charge in [0.1, 0.15) is 18.2 Å². The highest BCUT2D eigenvalue weighted by Crippen LogP contribution is 2.20. The molecule has 2 N–H and O–H groups in total. The molecule has 1 atom stereocenters. The Hall–Kier alpha value is -1.13. The molecule has 0 amide bonds. The van der Waals surface area contributed by atoms with Crippen LogP contribution in [0.2, 0.25) is 0 Å². The summed E-state index contributed by atoms with van der Waals surface area (Å²) < 4.78 is 18.6. The van der Waals surface area contributed by atoms with Gasteiger partial charge in [-0.25, -0.2) is 4.39 Å². The van der Waals surface area contributed by atoms with E-state index in [1.807, 2.05) is 0 Å². The third-order valence-electron chi connectivity index (χ3n) is 2.85. The van der Waals surface area contributed by atoms with E-state index in [1.165, 1.54) is 18.9 Å². The highest BCUT2D eigenvalue weighted by Gasteiger charge is 2.24. The normalized spacial score (nSPS) is 16.9. The lowest BCUT2D eigenvalue weighted by atomic mass is 10.2. The fraction of sp³-hybridized carbons (Fsp3) is 0.538. The average molecular weight is 239 g/mol. The number of aryl methyl sites for hydroxylation is 1. The Morgan fingerprint density at radius 2 is 2.29 bits per heavy atom. The Bertz CT molecular complexity index is 380. The maximum atomic E-state index is 13.0. The first-order valence-electron chi connectivity index (χ1n) is 5.95. The van der Waals surface area contributed by atoms with Gasteiger partial charge in [0, 0.05) is 6.04 Å². The van der Waals surface area contributed by atoms with Gasteiger partial charge >= 0.3 is 0 Å². The van der Waals surface area contributed by atoms with Gasteiger partial charge in [-0.15, -0.1) is 0 Å². The number of ether oxygens (including phenoxy) is 1. The van der Waals surface area contributed by atoms with Gasteiger partial charge in [0.25, 0.3) is 0 Å². The van der Waals surface area contributed by atoms with E-state index in [9.17, 15) is 9.50 Å². The number of aliphatic hydroxyl groups is 1. The van der Waals surface area contributed by atoms with Crippen molar-refractivity contribution in [2.75, 3.05) is 13.2 Å². The number of rotatable bonds is 6. The summed E-state index contributed by atoms with van der Waals surface area (Å²) >= 11 is 0. The van der Waals surface area contributed by atoms with Gasteiger partial charge in [-0.1, -0.05) is 0 Å². The molecule has 0 heterocycles. The van der Waals surface area contributed by atoms with Crippen LogP contribution in [0.4, 0.5) is 4.39 Å². The Morgan fingerprint density at radius 3 is 2.88 bits per heavy atom. The van der Waals surface area contributed by atoms with Crippen LogP contribution in [0.15, 0.2) is 18.2 Å². The molecular formula is C13H18FNO2. The monoisotopic (exact) mass is 239 g/mol. The molecule has 1 fully saturated rings. The third kappa shape index (κ3) is 3.68. The summed E-state index contributed by atoms with van der Waals surface area (Å²) in [5, 5.41) is 12.5. The fourth-order valence-electron chi connectivity index (χ4n) is 1.64. The fourth-order valence-corrected chi connectivity index (χ4v) is 1.64. The van der Waals surface area contributed by atoms with E-state index in [0.29, 0.717) is 24.0 Å². The Morgan fingerprint density at radius 1 is 1.53 bits per heavy atom. The Kier molecular flexibility index (Phi) is 3.97. The second-order valence-corrected chi connectivity index (χ2v) is 4.54. The molecule has 1 aromatic carbocycles. The smallest absolute Gasteiger partial charge is 0.126 e. The third-order valence-corrected chi connectivity index (χ3v) is 2.85. The van der Waals surface area contributed by atoms with E-state index in [2.05, 4.69) is 5.32 Å². The molecule has 0 aliphatic heterocycles. The lowest BCUT2D eigenvalue weighted by molar-refractivity contribution is 0.182. The largest absolute Gasteiger partial charge is 0.492 e. The summed E-state index contributed by atoms with van der Waals surface area (Å²) in [6.07, 6.45) is 2.35. The second kappa shape index (κ2) is 5.47. The summed E-state index contributed by atoms with van der Waals surface area (Å²) in [5.74, 6) is 0.409. The summed E-state index contributed by atoms with van der Waals surface area (Å²) in [6.45, 7) is 2.16. The highest BCUT2D eigenvalue weighted by atomic mass is 19.1. The van der Waals surface area contributed by atoms with Crippen LogP contribution in [0.3, 0.4) is 0 Å². The van der Waals surface area contributed by atoms with Crippen molar-refractivity contribution < 1.29 is 14.2 Å². The molecule has 1 aromatic rings. The minimum Gasteiger partial charge on any atom is -0.492 e. The highest BCUT2D eigenvalue weighted by molar-refractivity contribution is 5.28. The van der Waals surface area contributed by atoms with Gasteiger partial charge in [-0.3, -0.25) is 0 Å².